The molecule has 1 N–H and O–H groups in total. The second-order valence-corrected chi connectivity index (χ2v) is 8.28. The molecule has 1 atom stereocenters. The Morgan fingerprint density at radius 1 is 1.28 bits per heavy atom. The van der Waals surface area contributed by atoms with Crippen molar-refractivity contribution in [2.75, 3.05) is 11.4 Å². The maximum atomic E-state index is 12.7. The van der Waals surface area contributed by atoms with E-state index in [1.807, 2.05) is 6.92 Å². The molecular weight excluding hydrogens is 338 g/mol. The van der Waals surface area contributed by atoms with Crippen LogP contribution in [0.1, 0.15) is 36.0 Å². The Morgan fingerprint density at radius 3 is 2.80 bits per heavy atom. The third kappa shape index (κ3) is 2.73. The highest BCUT2D eigenvalue weighted by atomic mass is 32.2. The van der Waals surface area contributed by atoms with Crippen LogP contribution in [0.3, 0.4) is 0 Å². The fraction of sp³-hybridized carbons (Fsp3) is 0.333. The number of sulfonamides is 1. The lowest BCUT2D eigenvalue weighted by Crippen LogP contribution is -2.32. The van der Waals surface area contributed by atoms with Crippen LogP contribution in [0.25, 0.3) is 0 Å². The van der Waals surface area contributed by atoms with E-state index in [1.165, 1.54) is 0 Å². The summed E-state index contributed by atoms with van der Waals surface area (Å²) < 4.78 is 28.1. The van der Waals surface area contributed by atoms with Crippen LogP contribution >= 0.6 is 0 Å². The molecule has 2 aliphatic rings. The van der Waals surface area contributed by atoms with E-state index >= 15 is 0 Å². The third-order valence-electron chi connectivity index (χ3n) is 4.92. The zero-order valence-electron chi connectivity index (χ0n) is 13.9. The molecule has 7 heteroatoms. The standard InChI is InChI=1S/C18H19N3O3S/c1-12-16-10-15(9-14-3-2-8-21(17(14)16)18(12)22)25(23,24)20-11-13-4-6-19-7-5-13/h4-7,9-10,12,20H,2-3,8,11H2,1H3/t12-/m1/s1. The van der Waals surface area contributed by atoms with Gasteiger partial charge in [-0.05, 0) is 60.7 Å². The zero-order valence-corrected chi connectivity index (χ0v) is 14.7. The van der Waals surface area contributed by atoms with Gasteiger partial charge in [0, 0.05) is 25.5 Å². The molecule has 0 saturated heterocycles. The van der Waals surface area contributed by atoms with E-state index in [2.05, 4.69) is 9.71 Å². The van der Waals surface area contributed by atoms with E-state index < -0.39 is 10.0 Å². The molecule has 1 aromatic heterocycles. The molecule has 0 saturated carbocycles. The summed E-state index contributed by atoms with van der Waals surface area (Å²) in [6.07, 6.45) is 4.92. The Hall–Kier alpha value is -2.25. The number of nitrogens with zero attached hydrogens (tertiary/aromatic N) is 2. The van der Waals surface area contributed by atoms with Gasteiger partial charge in [0.05, 0.1) is 16.5 Å². The average molecular weight is 357 g/mol. The van der Waals surface area contributed by atoms with Gasteiger partial charge in [-0.3, -0.25) is 9.78 Å². The molecule has 25 heavy (non-hydrogen) atoms. The Bertz CT molecular complexity index is 942. The number of rotatable bonds is 4. The summed E-state index contributed by atoms with van der Waals surface area (Å²) in [5.41, 5.74) is 3.55. The molecule has 0 unspecified atom stereocenters. The monoisotopic (exact) mass is 357 g/mol. The zero-order chi connectivity index (χ0) is 17.6. The van der Waals surface area contributed by atoms with Gasteiger partial charge < -0.3 is 4.90 Å². The minimum absolute atomic E-state index is 0.0650. The first-order valence-electron chi connectivity index (χ1n) is 8.34. The van der Waals surface area contributed by atoms with Crippen LogP contribution in [0.4, 0.5) is 5.69 Å². The van der Waals surface area contributed by atoms with Crippen molar-refractivity contribution in [3.05, 3.63) is 53.3 Å². The first-order chi connectivity index (χ1) is 12.0. The van der Waals surface area contributed by atoms with Crippen molar-refractivity contribution in [1.29, 1.82) is 0 Å². The molecule has 2 aliphatic heterocycles. The first kappa shape index (κ1) is 16.2. The van der Waals surface area contributed by atoms with Crippen molar-refractivity contribution < 1.29 is 13.2 Å². The van der Waals surface area contributed by atoms with Crippen LogP contribution in [0.2, 0.25) is 0 Å². The molecule has 0 bridgehead atoms. The fourth-order valence-corrected chi connectivity index (χ4v) is 4.69. The van der Waals surface area contributed by atoms with Crippen LogP contribution in [0.5, 0.6) is 0 Å². The number of carbonyl (C=O) groups excluding carboxylic acids is 1. The molecule has 130 valence electrons. The number of nitrogens with one attached hydrogen (secondary N) is 1. The Kier molecular flexibility index (Phi) is 3.85. The second-order valence-electron chi connectivity index (χ2n) is 6.52. The maximum absolute atomic E-state index is 12.7. The average Bonchev–Trinajstić information content (AvgIpc) is 2.88. The number of pyridine rings is 1. The molecule has 0 radical (unpaired) electrons. The van der Waals surface area contributed by atoms with E-state index in [9.17, 15) is 13.2 Å². The summed E-state index contributed by atoms with van der Waals surface area (Å²) in [5.74, 6) is -0.225. The number of hydrogen-bond acceptors (Lipinski definition) is 4. The van der Waals surface area contributed by atoms with Gasteiger partial charge in [-0.2, -0.15) is 0 Å². The van der Waals surface area contributed by atoms with Gasteiger partial charge >= 0.3 is 0 Å². The SMILES string of the molecule is C[C@H]1C(=O)N2CCCc3cc(S(=O)(=O)NCc4ccncc4)cc1c32. The van der Waals surface area contributed by atoms with E-state index in [4.69, 9.17) is 0 Å². The number of carbonyl (C=O) groups is 1. The maximum Gasteiger partial charge on any atom is 0.240 e. The Morgan fingerprint density at radius 2 is 2.04 bits per heavy atom. The number of anilines is 1. The fourth-order valence-electron chi connectivity index (χ4n) is 3.58. The van der Waals surface area contributed by atoms with Gasteiger partial charge in [-0.1, -0.05) is 0 Å². The lowest BCUT2D eigenvalue weighted by Gasteiger charge is -2.26. The van der Waals surface area contributed by atoms with Crippen LogP contribution in [0, 0.1) is 0 Å². The van der Waals surface area contributed by atoms with Crippen LogP contribution < -0.4 is 9.62 Å². The number of benzene rings is 1. The smallest absolute Gasteiger partial charge is 0.240 e. The molecule has 1 amide bonds. The van der Waals surface area contributed by atoms with Crippen LogP contribution in [0.15, 0.2) is 41.6 Å². The highest BCUT2D eigenvalue weighted by molar-refractivity contribution is 7.89. The molecule has 2 aromatic rings. The molecule has 0 aliphatic carbocycles. The van der Waals surface area contributed by atoms with Gasteiger partial charge in [0.2, 0.25) is 15.9 Å². The summed E-state index contributed by atoms with van der Waals surface area (Å²) in [6.45, 7) is 2.77. The molecule has 0 fully saturated rings. The minimum Gasteiger partial charge on any atom is -0.311 e. The Labute approximate surface area is 146 Å². The van der Waals surface area contributed by atoms with Crippen LogP contribution in [-0.2, 0) is 27.8 Å². The number of amides is 1. The van der Waals surface area contributed by atoms with Crippen molar-refractivity contribution in [2.45, 2.75) is 37.1 Å². The van der Waals surface area contributed by atoms with Crippen molar-refractivity contribution >= 4 is 21.6 Å². The topological polar surface area (TPSA) is 79.4 Å². The van der Waals surface area contributed by atoms with Crippen LogP contribution in [-0.4, -0.2) is 25.9 Å². The summed E-state index contributed by atoms with van der Waals surface area (Å²) in [7, 11) is -3.65. The number of aromatic nitrogens is 1. The highest BCUT2D eigenvalue weighted by Gasteiger charge is 2.38. The molecule has 6 nitrogen and oxygen atoms in total. The van der Waals surface area contributed by atoms with Gasteiger partial charge in [-0.25, -0.2) is 13.1 Å². The van der Waals surface area contributed by atoms with E-state index in [0.717, 1.165) is 41.8 Å². The number of hydrogen-bond donors (Lipinski definition) is 1. The summed E-state index contributed by atoms with van der Waals surface area (Å²) >= 11 is 0. The quantitative estimate of drug-likeness (QED) is 0.907. The van der Waals surface area contributed by atoms with Crippen molar-refractivity contribution in [3.8, 4) is 0 Å². The van der Waals surface area contributed by atoms with E-state index in [-0.39, 0.29) is 23.3 Å². The predicted molar refractivity (Wildman–Crippen MR) is 93.8 cm³/mol. The molecule has 3 heterocycles. The summed E-state index contributed by atoms with van der Waals surface area (Å²) in [5, 5.41) is 0. The minimum atomic E-state index is -3.65. The lowest BCUT2D eigenvalue weighted by molar-refractivity contribution is -0.119. The van der Waals surface area contributed by atoms with Gasteiger partial charge in [0.15, 0.2) is 0 Å². The second kappa shape index (κ2) is 5.93. The van der Waals surface area contributed by atoms with Crippen molar-refractivity contribution in [3.63, 3.8) is 0 Å². The largest absolute Gasteiger partial charge is 0.311 e. The summed E-state index contributed by atoms with van der Waals surface area (Å²) in [4.78, 5) is 18.4. The predicted octanol–water partition coefficient (Wildman–Crippen LogP) is 1.96. The van der Waals surface area contributed by atoms with E-state index in [0.29, 0.717) is 0 Å². The summed E-state index contributed by atoms with van der Waals surface area (Å²) in [6, 6.07) is 6.91. The lowest BCUT2D eigenvalue weighted by atomic mass is 9.97. The van der Waals surface area contributed by atoms with Gasteiger partial charge in [0.1, 0.15) is 0 Å². The molecular formula is C18H19N3O3S. The molecule has 4 rings (SSSR count). The molecule has 0 spiro atoms. The van der Waals surface area contributed by atoms with Gasteiger partial charge in [-0.15, -0.1) is 0 Å². The third-order valence-corrected chi connectivity index (χ3v) is 6.30. The van der Waals surface area contributed by atoms with E-state index in [1.54, 1.807) is 41.6 Å². The molecule has 1 aromatic carbocycles. The van der Waals surface area contributed by atoms with Crippen molar-refractivity contribution in [2.24, 2.45) is 0 Å². The normalized spacial score (nSPS) is 19.2. The first-order valence-corrected chi connectivity index (χ1v) is 9.82. The number of aryl methyl sites for hydroxylation is 1. The van der Waals surface area contributed by atoms with Crippen molar-refractivity contribution in [1.82, 2.24) is 9.71 Å². The Balaban J connectivity index is 1.68. The highest BCUT2D eigenvalue weighted by Crippen LogP contribution is 2.43. The van der Waals surface area contributed by atoms with Gasteiger partial charge in [0.25, 0.3) is 0 Å².